The number of allylic oxidation sites excluding steroid dienone is 1. The third kappa shape index (κ3) is 7.61. The molecule has 0 fully saturated rings. The molecule has 0 amide bonds. The van der Waals surface area contributed by atoms with E-state index in [1.807, 2.05) is 0 Å². The number of esters is 1. The number of ether oxygens (including phenoxy) is 1. The Bertz CT molecular complexity index is 279. The fourth-order valence-electron chi connectivity index (χ4n) is 1.64. The minimum absolute atomic E-state index is 0.166. The first-order valence-corrected chi connectivity index (χ1v) is 6.12. The molecule has 0 aromatic rings. The maximum Gasteiger partial charge on any atom is 0.330 e. The van der Waals surface area contributed by atoms with Crippen molar-refractivity contribution in [2.24, 2.45) is 17.6 Å². The van der Waals surface area contributed by atoms with Gasteiger partial charge in [0.1, 0.15) is 6.61 Å². The molecule has 3 nitrogen and oxygen atoms in total. The van der Waals surface area contributed by atoms with Gasteiger partial charge in [0, 0.05) is 11.8 Å². The molecule has 0 bridgehead atoms. The highest BCUT2D eigenvalue weighted by Gasteiger charge is 2.10. The molecule has 0 saturated carbocycles. The molecule has 0 aliphatic carbocycles. The van der Waals surface area contributed by atoms with E-state index in [-0.39, 0.29) is 6.61 Å². The summed E-state index contributed by atoms with van der Waals surface area (Å²) in [4.78, 5) is 11.0. The van der Waals surface area contributed by atoms with Crippen molar-refractivity contribution < 1.29 is 9.53 Å². The van der Waals surface area contributed by atoms with Crippen LogP contribution in [0.4, 0.5) is 0 Å². The van der Waals surface area contributed by atoms with E-state index in [1.165, 1.54) is 5.57 Å². The molecule has 0 radical (unpaired) electrons. The Balaban J connectivity index is 4.58. The van der Waals surface area contributed by atoms with Gasteiger partial charge in [-0.2, -0.15) is 0 Å². The number of carbonyl (C=O) groups excluding carboxylic acids is 1. The first kappa shape index (κ1) is 15.8. The van der Waals surface area contributed by atoms with Crippen LogP contribution in [-0.2, 0) is 9.53 Å². The Morgan fingerprint density at radius 1 is 1.24 bits per heavy atom. The summed E-state index contributed by atoms with van der Waals surface area (Å²) in [5.74, 6) is 0.677. The maximum atomic E-state index is 11.0. The minimum atomic E-state index is -0.429. The van der Waals surface area contributed by atoms with Crippen molar-refractivity contribution in [3.8, 4) is 0 Å². The second-order valence-corrected chi connectivity index (χ2v) is 5.14. The highest BCUT2D eigenvalue weighted by atomic mass is 16.5. The van der Waals surface area contributed by atoms with Gasteiger partial charge in [-0.25, -0.2) is 4.79 Å². The molecule has 0 atom stereocenters. The van der Waals surface area contributed by atoms with E-state index < -0.39 is 5.97 Å². The summed E-state index contributed by atoms with van der Waals surface area (Å²) in [6.07, 6.45) is 3.06. The van der Waals surface area contributed by atoms with Gasteiger partial charge in [0.15, 0.2) is 0 Å². The largest absolute Gasteiger partial charge is 0.456 e. The van der Waals surface area contributed by atoms with E-state index in [2.05, 4.69) is 34.3 Å². The van der Waals surface area contributed by atoms with Gasteiger partial charge in [0.05, 0.1) is 0 Å². The maximum absolute atomic E-state index is 11.0. The van der Waals surface area contributed by atoms with E-state index in [0.717, 1.165) is 18.9 Å². The predicted molar refractivity (Wildman–Crippen MR) is 71.3 cm³/mol. The van der Waals surface area contributed by atoms with Crippen molar-refractivity contribution in [1.29, 1.82) is 0 Å². The first-order chi connectivity index (χ1) is 7.86. The quantitative estimate of drug-likeness (QED) is 0.549. The molecule has 3 heteroatoms. The van der Waals surface area contributed by atoms with Crippen molar-refractivity contribution in [1.82, 2.24) is 0 Å². The first-order valence-electron chi connectivity index (χ1n) is 6.12. The van der Waals surface area contributed by atoms with Gasteiger partial charge in [-0.05, 0) is 30.3 Å². The molecule has 0 unspecified atom stereocenters. The summed E-state index contributed by atoms with van der Waals surface area (Å²) in [5.41, 5.74) is 7.87. The molecule has 17 heavy (non-hydrogen) atoms. The average Bonchev–Trinajstić information content (AvgIpc) is 2.23. The number of hydrogen-bond donors (Lipinski definition) is 1. The summed E-state index contributed by atoms with van der Waals surface area (Å²) in [6, 6.07) is 0. The van der Waals surface area contributed by atoms with E-state index in [0.29, 0.717) is 17.5 Å². The van der Waals surface area contributed by atoms with Crippen molar-refractivity contribution in [2.45, 2.75) is 40.5 Å². The fraction of sp³-hybridized carbons (Fsp3) is 0.643. The van der Waals surface area contributed by atoms with Gasteiger partial charge in [-0.15, -0.1) is 0 Å². The number of hydrogen-bond acceptors (Lipinski definition) is 3. The zero-order chi connectivity index (χ0) is 13.4. The Hall–Kier alpha value is -1.25. The summed E-state index contributed by atoms with van der Waals surface area (Å²) in [6.45, 7) is 12.1. The zero-order valence-corrected chi connectivity index (χ0v) is 11.5. The lowest BCUT2D eigenvalue weighted by atomic mass is 9.93. The van der Waals surface area contributed by atoms with Crippen molar-refractivity contribution in [3.63, 3.8) is 0 Å². The SMILES string of the molecule is C=CC(=O)OCC(N)=C(CC(C)C)CC(C)C. The summed E-state index contributed by atoms with van der Waals surface area (Å²) >= 11 is 0. The van der Waals surface area contributed by atoms with Crippen LogP contribution in [0.25, 0.3) is 0 Å². The Labute approximate surface area is 105 Å². The van der Waals surface area contributed by atoms with Crippen LogP contribution in [0, 0.1) is 11.8 Å². The molecule has 98 valence electrons. The van der Waals surface area contributed by atoms with E-state index in [4.69, 9.17) is 10.5 Å². The van der Waals surface area contributed by atoms with Crippen LogP contribution >= 0.6 is 0 Å². The molecule has 0 aromatic heterocycles. The molecule has 0 spiro atoms. The van der Waals surface area contributed by atoms with E-state index >= 15 is 0 Å². The van der Waals surface area contributed by atoms with Gasteiger partial charge >= 0.3 is 5.97 Å². The molecular weight excluding hydrogens is 214 g/mol. The smallest absolute Gasteiger partial charge is 0.330 e. The third-order valence-electron chi connectivity index (χ3n) is 2.30. The van der Waals surface area contributed by atoms with Gasteiger partial charge in [-0.3, -0.25) is 0 Å². The molecular formula is C14H25NO2. The Kier molecular flexibility index (Phi) is 7.35. The van der Waals surface area contributed by atoms with E-state index in [1.54, 1.807) is 0 Å². The molecule has 0 aromatic carbocycles. The monoisotopic (exact) mass is 239 g/mol. The van der Waals surface area contributed by atoms with Crippen LogP contribution in [0.1, 0.15) is 40.5 Å². The minimum Gasteiger partial charge on any atom is -0.456 e. The van der Waals surface area contributed by atoms with Crippen LogP contribution in [0.3, 0.4) is 0 Å². The van der Waals surface area contributed by atoms with E-state index in [9.17, 15) is 4.79 Å². The molecule has 0 aliphatic rings. The molecule has 0 aliphatic heterocycles. The van der Waals surface area contributed by atoms with Crippen LogP contribution in [-0.4, -0.2) is 12.6 Å². The molecule has 0 heterocycles. The molecule has 0 saturated heterocycles. The second kappa shape index (κ2) is 7.93. The fourth-order valence-corrected chi connectivity index (χ4v) is 1.64. The topological polar surface area (TPSA) is 52.3 Å². The van der Waals surface area contributed by atoms with Crippen molar-refractivity contribution in [3.05, 3.63) is 23.9 Å². The van der Waals surface area contributed by atoms with Crippen LogP contribution in [0.5, 0.6) is 0 Å². The lowest BCUT2D eigenvalue weighted by molar-refractivity contribution is -0.136. The molecule has 0 rings (SSSR count). The van der Waals surface area contributed by atoms with Crippen LogP contribution in [0.2, 0.25) is 0 Å². The van der Waals surface area contributed by atoms with Gasteiger partial charge in [0.25, 0.3) is 0 Å². The summed E-state index contributed by atoms with van der Waals surface area (Å²) in [7, 11) is 0. The number of rotatable bonds is 7. The molecule has 2 N–H and O–H groups in total. The normalized spacial score (nSPS) is 10.5. The Morgan fingerprint density at radius 2 is 1.71 bits per heavy atom. The second-order valence-electron chi connectivity index (χ2n) is 5.14. The third-order valence-corrected chi connectivity index (χ3v) is 2.30. The zero-order valence-electron chi connectivity index (χ0n) is 11.5. The Morgan fingerprint density at radius 3 is 2.06 bits per heavy atom. The van der Waals surface area contributed by atoms with Crippen molar-refractivity contribution >= 4 is 5.97 Å². The number of nitrogens with two attached hydrogens (primary N) is 1. The lowest BCUT2D eigenvalue weighted by Crippen LogP contribution is -2.15. The van der Waals surface area contributed by atoms with Crippen LogP contribution in [0.15, 0.2) is 23.9 Å². The highest BCUT2D eigenvalue weighted by Crippen LogP contribution is 2.21. The van der Waals surface area contributed by atoms with Crippen LogP contribution < -0.4 is 5.73 Å². The van der Waals surface area contributed by atoms with Crippen molar-refractivity contribution in [2.75, 3.05) is 6.61 Å². The van der Waals surface area contributed by atoms with Gasteiger partial charge < -0.3 is 10.5 Å². The predicted octanol–water partition coefficient (Wildman–Crippen LogP) is 3.02. The number of carbonyl (C=O) groups is 1. The highest BCUT2D eigenvalue weighted by molar-refractivity contribution is 5.81. The van der Waals surface area contributed by atoms with Gasteiger partial charge in [0.2, 0.25) is 0 Å². The summed E-state index contributed by atoms with van der Waals surface area (Å²) < 4.78 is 4.96. The average molecular weight is 239 g/mol. The summed E-state index contributed by atoms with van der Waals surface area (Å²) in [5, 5.41) is 0. The van der Waals surface area contributed by atoms with Gasteiger partial charge in [-0.1, -0.05) is 34.3 Å². The lowest BCUT2D eigenvalue weighted by Gasteiger charge is -2.16. The standard InChI is InChI=1S/C14H25NO2/c1-6-14(16)17-9-13(15)12(7-10(2)3)8-11(4)5/h6,10-11H,1,7-9,15H2,2-5H3.